The van der Waals surface area contributed by atoms with E-state index in [4.69, 9.17) is 14.2 Å². The normalized spacial score (nSPS) is 53.1. The quantitative estimate of drug-likeness (QED) is 0.329. The van der Waals surface area contributed by atoms with E-state index in [0.717, 1.165) is 5.57 Å². The summed E-state index contributed by atoms with van der Waals surface area (Å²) in [6, 6.07) is 0. The van der Waals surface area contributed by atoms with Crippen molar-refractivity contribution in [2.45, 2.75) is 69.0 Å². The second kappa shape index (κ2) is 6.75. The summed E-state index contributed by atoms with van der Waals surface area (Å²) < 4.78 is 16.5. The van der Waals surface area contributed by atoms with Crippen LogP contribution in [0.25, 0.3) is 0 Å². The molecule has 2 heterocycles. The monoisotopic (exact) mass is 362 g/mol. The Balaban J connectivity index is 1.80. The molecule has 0 bridgehead atoms. The zero-order valence-electron chi connectivity index (χ0n) is 14.1. The van der Waals surface area contributed by atoms with Crippen LogP contribution >= 0.6 is 0 Å². The summed E-state index contributed by atoms with van der Waals surface area (Å²) in [5.74, 6) is -0.987. The summed E-state index contributed by atoms with van der Waals surface area (Å²) in [7, 11) is 0. The number of ether oxygens (including phenoxy) is 3. The largest absolute Gasteiger partial charge is 0.472 e. The molecule has 9 nitrogen and oxygen atoms in total. The molecule has 0 unspecified atom stereocenters. The van der Waals surface area contributed by atoms with E-state index in [0.29, 0.717) is 0 Å². The van der Waals surface area contributed by atoms with Crippen molar-refractivity contribution < 1.29 is 44.8 Å². The van der Waals surface area contributed by atoms with Crippen LogP contribution in [-0.4, -0.2) is 85.9 Å². The van der Waals surface area contributed by atoms with Crippen LogP contribution in [0.5, 0.6) is 0 Å². The van der Waals surface area contributed by atoms with Gasteiger partial charge in [0.1, 0.15) is 24.4 Å². The molecule has 2 fully saturated rings. The first-order valence-electron chi connectivity index (χ1n) is 8.36. The molecule has 1 saturated carbocycles. The van der Waals surface area contributed by atoms with Crippen molar-refractivity contribution in [3.63, 3.8) is 0 Å². The maximum absolute atomic E-state index is 10.7. The Morgan fingerprint density at radius 3 is 2.48 bits per heavy atom. The van der Waals surface area contributed by atoms with Crippen LogP contribution < -0.4 is 0 Å². The van der Waals surface area contributed by atoms with E-state index < -0.39 is 61.2 Å². The highest BCUT2D eigenvalue weighted by Gasteiger charge is 2.57. The first-order chi connectivity index (χ1) is 11.7. The zero-order chi connectivity index (χ0) is 18.5. The van der Waals surface area contributed by atoms with E-state index in [1.54, 1.807) is 13.8 Å². The van der Waals surface area contributed by atoms with Gasteiger partial charge in [0, 0.05) is 12.3 Å². The van der Waals surface area contributed by atoms with Crippen LogP contribution in [0.2, 0.25) is 0 Å². The first kappa shape index (κ1) is 19.0. The van der Waals surface area contributed by atoms with E-state index >= 15 is 0 Å². The van der Waals surface area contributed by atoms with Crippen molar-refractivity contribution in [3.8, 4) is 0 Å². The summed E-state index contributed by atoms with van der Waals surface area (Å²) in [6.45, 7) is 2.79. The third-order valence-corrected chi connectivity index (χ3v) is 5.47. The highest BCUT2D eigenvalue weighted by Crippen LogP contribution is 2.49. The van der Waals surface area contributed by atoms with Crippen LogP contribution in [0.1, 0.15) is 20.3 Å². The van der Waals surface area contributed by atoms with Crippen molar-refractivity contribution in [1.29, 1.82) is 0 Å². The van der Waals surface area contributed by atoms with E-state index in [9.17, 15) is 30.6 Å². The molecule has 0 radical (unpaired) electrons. The van der Waals surface area contributed by atoms with Crippen molar-refractivity contribution in [3.05, 3.63) is 11.8 Å². The molecule has 1 aliphatic carbocycles. The Bertz CT molecular complexity index is 520. The van der Waals surface area contributed by atoms with Crippen molar-refractivity contribution in [1.82, 2.24) is 0 Å². The summed E-state index contributed by atoms with van der Waals surface area (Å²) >= 11 is 0. The Kier molecular flexibility index (Phi) is 5.13. The minimum atomic E-state index is -1.57. The second-order valence-corrected chi connectivity index (χ2v) is 7.38. The van der Waals surface area contributed by atoms with Crippen LogP contribution in [0.3, 0.4) is 0 Å². The lowest BCUT2D eigenvalue weighted by molar-refractivity contribution is -0.346. The molecular weight excluding hydrogens is 336 g/mol. The highest BCUT2D eigenvalue weighted by molar-refractivity contribution is 5.17. The van der Waals surface area contributed by atoms with Gasteiger partial charge in [-0.05, 0) is 19.4 Å². The molecule has 0 spiro atoms. The molecule has 3 rings (SSSR count). The maximum Gasteiger partial charge on any atom is 0.207 e. The summed E-state index contributed by atoms with van der Waals surface area (Å²) in [5.41, 5.74) is -0.498. The predicted molar refractivity (Wildman–Crippen MR) is 81.7 cm³/mol. The number of aliphatic hydroxyl groups is 6. The molecule has 10 atom stereocenters. The van der Waals surface area contributed by atoms with Crippen molar-refractivity contribution in [2.75, 3.05) is 6.61 Å². The zero-order valence-corrected chi connectivity index (χ0v) is 14.1. The van der Waals surface area contributed by atoms with Crippen LogP contribution in [0, 0.1) is 11.8 Å². The highest BCUT2D eigenvalue weighted by atomic mass is 16.8. The Morgan fingerprint density at radius 1 is 1.16 bits per heavy atom. The molecule has 0 amide bonds. The number of hydrogen-bond acceptors (Lipinski definition) is 9. The molecular formula is C16H26O9. The summed E-state index contributed by atoms with van der Waals surface area (Å²) in [5, 5.41) is 59.9. The van der Waals surface area contributed by atoms with E-state index in [2.05, 4.69) is 0 Å². The van der Waals surface area contributed by atoms with Gasteiger partial charge in [0.25, 0.3) is 0 Å². The molecule has 144 valence electrons. The molecule has 6 N–H and O–H groups in total. The fourth-order valence-electron chi connectivity index (χ4n) is 4.13. The summed E-state index contributed by atoms with van der Waals surface area (Å²) in [6.07, 6.45) is -7.32. The van der Waals surface area contributed by atoms with Crippen molar-refractivity contribution >= 4 is 0 Å². The topological polar surface area (TPSA) is 149 Å². The van der Waals surface area contributed by atoms with Crippen LogP contribution in [0.15, 0.2) is 11.8 Å². The summed E-state index contributed by atoms with van der Waals surface area (Å²) in [4.78, 5) is 0. The molecule has 25 heavy (non-hydrogen) atoms. The molecule has 9 heteroatoms. The van der Waals surface area contributed by atoms with Gasteiger partial charge in [0.05, 0.1) is 30.5 Å². The lowest BCUT2D eigenvalue weighted by Gasteiger charge is -2.44. The van der Waals surface area contributed by atoms with Gasteiger partial charge >= 0.3 is 0 Å². The third kappa shape index (κ3) is 3.19. The molecule has 0 aromatic carbocycles. The Morgan fingerprint density at radius 2 is 1.84 bits per heavy atom. The molecule has 2 aliphatic heterocycles. The van der Waals surface area contributed by atoms with Crippen LogP contribution in [0.4, 0.5) is 0 Å². The molecule has 0 aromatic rings. The van der Waals surface area contributed by atoms with Gasteiger partial charge < -0.3 is 44.8 Å². The van der Waals surface area contributed by atoms with Gasteiger partial charge in [0.2, 0.25) is 6.29 Å². The number of rotatable bonds is 3. The van der Waals surface area contributed by atoms with E-state index in [-0.39, 0.29) is 12.3 Å². The number of aliphatic hydroxyl groups excluding tert-OH is 5. The Labute approximate surface area is 145 Å². The van der Waals surface area contributed by atoms with Gasteiger partial charge in [-0.3, -0.25) is 0 Å². The van der Waals surface area contributed by atoms with Gasteiger partial charge in [-0.15, -0.1) is 0 Å². The fourth-order valence-corrected chi connectivity index (χ4v) is 4.13. The van der Waals surface area contributed by atoms with Gasteiger partial charge in [-0.25, -0.2) is 0 Å². The Hall–Kier alpha value is -0.780. The minimum absolute atomic E-state index is 0.144. The molecule has 3 aliphatic rings. The van der Waals surface area contributed by atoms with E-state index in [1.807, 2.05) is 0 Å². The minimum Gasteiger partial charge on any atom is -0.472 e. The lowest BCUT2D eigenvalue weighted by Crippen LogP contribution is -2.60. The molecule has 0 aromatic heterocycles. The smallest absolute Gasteiger partial charge is 0.207 e. The predicted octanol–water partition coefficient (Wildman–Crippen LogP) is -2.19. The van der Waals surface area contributed by atoms with Gasteiger partial charge in [0.15, 0.2) is 6.29 Å². The standard InChI is InChI=1S/C16H26O9/c1-6-5-23-14(10-9(6)7(18)3-16(10,2)22)25-15-13(21)12(20)11(19)8(4-17)24-15/h5,7-15,17-22H,3-4H2,1-2H3/t7-,8-,9+,10-,11-,12+,13+,14+,15-,16+/m1/s1. The van der Waals surface area contributed by atoms with Crippen LogP contribution in [-0.2, 0) is 14.2 Å². The average molecular weight is 362 g/mol. The number of hydrogen-bond donors (Lipinski definition) is 6. The fraction of sp³-hybridized carbons (Fsp3) is 0.875. The second-order valence-electron chi connectivity index (χ2n) is 7.38. The van der Waals surface area contributed by atoms with Gasteiger partial charge in [-0.1, -0.05) is 0 Å². The number of fused-ring (bicyclic) bond motifs is 1. The third-order valence-electron chi connectivity index (χ3n) is 5.47. The first-order valence-corrected chi connectivity index (χ1v) is 8.36. The lowest BCUT2D eigenvalue weighted by atomic mass is 9.81. The van der Waals surface area contributed by atoms with Gasteiger partial charge in [-0.2, -0.15) is 0 Å². The van der Waals surface area contributed by atoms with E-state index in [1.165, 1.54) is 6.26 Å². The van der Waals surface area contributed by atoms with Crippen molar-refractivity contribution in [2.24, 2.45) is 11.8 Å². The maximum atomic E-state index is 10.7. The SMILES string of the molecule is CC1=CO[C@@H](O[C@H]2O[C@H](CO)[C@@H](O)[C@H](O)[C@@H]2O)[C@H]2[C@@H]1[C@H](O)C[C@]2(C)O. The molecule has 1 saturated heterocycles. The average Bonchev–Trinajstić information content (AvgIpc) is 2.80.